The molecule has 0 spiro atoms. The summed E-state index contributed by atoms with van der Waals surface area (Å²) >= 11 is 5.82. The number of benzene rings is 1. The number of nitrogens with zero attached hydrogens (tertiary/aromatic N) is 1. The fourth-order valence-electron chi connectivity index (χ4n) is 2.56. The van der Waals surface area contributed by atoms with Crippen molar-refractivity contribution >= 4 is 28.5 Å². The van der Waals surface area contributed by atoms with E-state index in [-0.39, 0.29) is 5.56 Å². The molecule has 2 aromatic heterocycles. The summed E-state index contributed by atoms with van der Waals surface area (Å²) in [6.07, 6.45) is -2.60. The lowest BCUT2D eigenvalue weighted by Crippen LogP contribution is -2.27. The first kappa shape index (κ1) is 16.4. The second-order valence-corrected chi connectivity index (χ2v) is 5.77. The summed E-state index contributed by atoms with van der Waals surface area (Å²) < 4.78 is 26.2. The summed E-state index contributed by atoms with van der Waals surface area (Å²) in [5, 5.41) is 3.78. The van der Waals surface area contributed by atoms with Gasteiger partial charge in [-0.05, 0) is 30.7 Å². The van der Waals surface area contributed by atoms with Gasteiger partial charge in [-0.2, -0.15) is 0 Å². The molecular weight excluding hydrogens is 336 g/mol. The van der Waals surface area contributed by atoms with Gasteiger partial charge in [-0.3, -0.25) is 4.79 Å². The molecule has 0 saturated carbocycles. The van der Waals surface area contributed by atoms with Crippen LogP contribution in [0.3, 0.4) is 0 Å². The van der Waals surface area contributed by atoms with Crippen LogP contribution in [0.25, 0.3) is 11.0 Å². The molecule has 1 aromatic carbocycles. The highest BCUT2D eigenvalue weighted by Gasteiger charge is 2.19. The summed E-state index contributed by atoms with van der Waals surface area (Å²) in [6, 6.07) is 10.6. The lowest BCUT2D eigenvalue weighted by Gasteiger charge is -2.17. The van der Waals surface area contributed by atoms with Gasteiger partial charge in [0.1, 0.15) is 16.5 Å². The topological polar surface area (TPSA) is 57.8 Å². The molecule has 7 heteroatoms. The number of hydrogen-bond donors (Lipinski definition) is 2. The first-order chi connectivity index (χ1) is 11.5. The van der Waals surface area contributed by atoms with Crippen LogP contribution in [0, 0.1) is 0 Å². The number of aromatic amines is 1. The van der Waals surface area contributed by atoms with Crippen molar-refractivity contribution < 1.29 is 13.6 Å². The highest BCUT2D eigenvalue weighted by molar-refractivity contribution is 6.29. The number of rotatable bonds is 4. The predicted octanol–water partition coefficient (Wildman–Crippen LogP) is 4.64. The number of amides is 1. The lowest BCUT2D eigenvalue weighted by atomic mass is 10.0. The Kier molecular flexibility index (Phi) is 4.49. The van der Waals surface area contributed by atoms with Gasteiger partial charge in [0.25, 0.3) is 12.3 Å². The van der Waals surface area contributed by atoms with Gasteiger partial charge in [0.2, 0.25) is 0 Å². The van der Waals surface area contributed by atoms with E-state index in [1.54, 1.807) is 43.3 Å². The summed E-state index contributed by atoms with van der Waals surface area (Å²) in [5.74, 6) is -0.402. The predicted molar refractivity (Wildman–Crippen MR) is 88.4 cm³/mol. The van der Waals surface area contributed by atoms with Crippen molar-refractivity contribution in [1.29, 1.82) is 0 Å². The highest BCUT2D eigenvalue weighted by atomic mass is 35.5. The van der Waals surface area contributed by atoms with Crippen LogP contribution in [0.5, 0.6) is 0 Å². The molecule has 4 nitrogen and oxygen atoms in total. The largest absolute Gasteiger partial charge is 0.344 e. The van der Waals surface area contributed by atoms with Gasteiger partial charge >= 0.3 is 0 Å². The van der Waals surface area contributed by atoms with Crippen LogP contribution < -0.4 is 5.32 Å². The molecule has 0 saturated heterocycles. The Balaban J connectivity index is 1.83. The molecule has 2 heterocycles. The second-order valence-electron chi connectivity index (χ2n) is 5.38. The van der Waals surface area contributed by atoms with E-state index in [9.17, 15) is 13.6 Å². The Bertz CT molecular complexity index is 894. The summed E-state index contributed by atoms with van der Waals surface area (Å²) in [4.78, 5) is 19.3. The quantitative estimate of drug-likeness (QED) is 0.674. The molecule has 2 N–H and O–H groups in total. The number of H-pyrrole nitrogens is 1. The minimum Gasteiger partial charge on any atom is -0.344 e. The van der Waals surface area contributed by atoms with Crippen LogP contribution in [-0.4, -0.2) is 15.9 Å². The normalized spacial score (nSPS) is 12.5. The number of alkyl halides is 2. The molecule has 0 aliphatic carbocycles. The van der Waals surface area contributed by atoms with Crippen molar-refractivity contribution in [3.63, 3.8) is 0 Å². The smallest absolute Gasteiger partial charge is 0.268 e. The lowest BCUT2D eigenvalue weighted by molar-refractivity contribution is 0.0933. The van der Waals surface area contributed by atoms with Crippen molar-refractivity contribution in [1.82, 2.24) is 15.3 Å². The van der Waals surface area contributed by atoms with Gasteiger partial charge in [-0.25, -0.2) is 13.8 Å². The molecule has 3 aromatic rings. The zero-order valence-electron chi connectivity index (χ0n) is 12.7. The molecule has 0 fully saturated rings. The monoisotopic (exact) mass is 349 g/mol. The van der Waals surface area contributed by atoms with E-state index in [1.807, 2.05) is 0 Å². The van der Waals surface area contributed by atoms with E-state index in [2.05, 4.69) is 15.3 Å². The molecule has 0 bridgehead atoms. The third-order valence-corrected chi connectivity index (χ3v) is 3.95. The van der Waals surface area contributed by atoms with Crippen LogP contribution >= 0.6 is 11.6 Å². The summed E-state index contributed by atoms with van der Waals surface area (Å²) in [5.41, 5.74) is 1.09. The van der Waals surface area contributed by atoms with Crippen LogP contribution in [0.4, 0.5) is 8.78 Å². The Morgan fingerprint density at radius 3 is 2.62 bits per heavy atom. The Labute approximate surface area is 141 Å². The minimum atomic E-state index is -2.60. The molecule has 0 unspecified atom stereocenters. The van der Waals surface area contributed by atoms with Crippen molar-refractivity contribution in [3.8, 4) is 0 Å². The Hall–Kier alpha value is -2.47. The molecule has 1 amide bonds. The maximum Gasteiger partial charge on any atom is 0.268 e. The van der Waals surface area contributed by atoms with E-state index in [0.717, 1.165) is 5.39 Å². The zero-order valence-corrected chi connectivity index (χ0v) is 13.4. The fraction of sp³-hybridized carbons (Fsp3) is 0.176. The fourth-order valence-corrected chi connectivity index (χ4v) is 2.71. The van der Waals surface area contributed by atoms with Gasteiger partial charge in [0.05, 0.1) is 6.04 Å². The number of hydrogen-bond acceptors (Lipinski definition) is 2. The van der Waals surface area contributed by atoms with Crippen molar-refractivity contribution in [2.75, 3.05) is 0 Å². The third kappa shape index (κ3) is 3.23. The number of carbonyl (C=O) groups excluding carboxylic acids is 1. The third-order valence-electron chi connectivity index (χ3n) is 3.74. The number of pyridine rings is 1. The van der Waals surface area contributed by atoms with E-state index >= 15 is 0 Å². The maximum atomic E-state index is 13.1. The van der Waals surface area contributed by atoms with Crippen LogP contribution in [-0.2, 0) is 0 Å². The highest BCUT2D eigenvalue weighted by Crippen LogP contribution is 2.27. The van der Waals surface area contributed by atoms with Gasteiger partial charge in [0.15, 0.2) is 0 Å². The second kappa shape index (κ2) is 6.57. The Morgan fingerprint density at radius 1 is 1.21 bits per heavy atom. The zero-order chi connectivity index (χ0) is 17.3. The average molecular weight is 350 g/mol. The molecule has 0 radical (unpaired) electrons. The standard InChI is InChI=1S/C17H14ClF2N3O/c1-9(11-4-2-3-5-12(11)15(19)20)21-17(24)13-8-10-6-7-14(18)23-16(10)22-13/h2-9,15H,1H3,(H,21,24)(H,22,23)/t9-/m1/s1. The molecule has 0 aliphatic rings. The van der Waals surface area contributed by atoms with E-state index in [0.29, 0.717) is 22.1 Å². The summed E-state index contributed by atoms with van der Waals surface area (Å²) in [7, 11) is 0. The summed E-state index contributed by atoms with van der Waals surface area (Å²) in [6.45, 7) is 1.66. The maximum absolute atomic E-state index is 13.1. The first-order valence-electron chi connectivity index (χ1n) is 7.29. The number of halogens is 3. The SMILES string of the molecule is C[C@@H](NC(=O)c1cc2ccc(Cl)nc2[nH]1)c1ccccc1C(F)F. The number of carbonyl (C=O) groups is 1. The van der Waals surface area contributed by atoms with Crippen LogP contribution in [0.15, 0.2) is 42.5 Å². The van der Waals surface area contributed by atoms with E-state index in [1.165, 1.54) is 6.07 Å². The number of aromatic nitrogens is 2. The number of fused-ring (bicyclic) bond motifs is 1. The van der Waals surface area contributed by atoms with Crippen LogP contribution in [0.2, 0.25) is 5.15 Å². The molecule has 24 heavy (non-hydrogen) atoms. The van der Waals surface area contributed by atoms with Crippen LogP contribution in [0.1, 0.15) is 41.0 Å². The van der Waals surface area contributed by atoms with Gasteiger partial charge < -0.3 is 10.3 Å². The van der Waals surface area contributed by atoms with Crippen molar-refractivity contribution in [3.05, 3.63) is 64.4 Å². The minimum absolute atomic E-state index is 0.0876. The van der Waals surface area contributed by atoms with Crippen molar-refractivity contribution in [2.45, 2.75) is 19.4 Å². The molecule has 3 rings (SSSR count). The van der Waals surface area contributed by atoms with Crippen molar-refractivity contribution in [2.24, 2.45) is 0 Å². The molecule has 1 atom stereocenters. The van der Waals surface area contributed by atoms with Gasteiger partial charge in [-0.1, -0.05) is 35.9 Å². The Morgan fingerprint density at radius 2 is 1.92 bits per heavy atom. The van der Waals surface area contributed by atoms with E-state index in [4.69, 9.17) is 11.6 Å². The average Bonchev–Trinajstić information content (AvgIpc) is 2.98. The number of nitrogens with one attached hydrogen (secondary N) is 2. The molecular formula is C17H14ClF2N3O. The first-order valence-corrected chi connectivity index (χ1v) is 7.66. The molecule has 124 valence electrons. The van der Waals surface area contributed by atoms with Gasteiger partial charge in [0, 0.05) is 10.9 Å². The van der Waals surface area contributed by atoms with Gasteiger partial charge in [-0.15, -0.1) is 0 Å². The van der Waals surface area contributed by atoms with E-state index < -0.39 is 18.4 Å². The molecule has 0 aliphatic heterocycles.